The first-order valence-electron chi connectivity index (χ1n) is 11.9. The van der Waals surface area contributed by atoms with Gasteiger partial charge in [-0.2, -0.15) is 0 Å². The molecule has 0 radical (unpaired) electrons. The van der Waals surface area contributed by atoms with Crippen LogP contribution in [0, 0.1) is 0 Å². The average Bonchev–Trinajstić information content (AvgIpc) is 2.91. The number of aliphatic hydroxyl groups excluding tert-OH is 3. The maximum atomic E-state index is 12.5. The molecule has 3 aromatic rings. The van der Waals surface area contributed by atoms with Gasteiger partial charge in [0.15, 0.2) is 11.5 Å². The number of carbonyl (C=O) groups excluding carboxylic acids is 2. The molecule has 1 fully saturated rings. The summed E-state index contributed by atoms with van der Waals surface area (Å²) in [6.07, 6.45) is -9.32. The molecule has 12 heteroatoms. The van der Waals surface area contributed by atoms with E-state index in [1.807, 2.05) is 18.2 Å². The summed E-state index contributed by atoms with van der Waals surface area (Å²) in [7, 11) is 0. The highest BCUT2D eigenvalue weighted by atomic mass is 16.7. The molecule has 12 nitrogen and oxygen atoms in total. The monoisotopic (exact) mass is 540 g/mol. The fraction of sp³-hybridized carbons (Fsp3) is 0.296. The quantitative estimate of drug-likeness (QED) is 0.212. The average molecular weight is 540 g/mol. The zero-order chi connectivity index (χ0) is 27.8. The minimum atomic E-state index is -1.81. The molecule has 0 spiro atoms. The number of phenolic OH excluding ortho intramolecular Hbond substituents is 1. The van der Waals surface area contributed by atoms with Crippen molar-refractivity contribution in [2.75, 3.05) is 6.61 Å². The Morgan fingerprint density at radius 1 is 0.949 bits per heavy atom. The number of esters is 2. The summed E-state index contributed by atoms with van der Waals surface area (Å²) in [4.78, 5) is 34.9. The lowest BCUT2D eigenvalue weighted by Crippen LogP contribution is -2.60. The van der Waals surface area contributed by atoms with Gasteiger partial charge in [0, 0.05) is 16.3 Å². The van der Waals surface area contributed by atoms with Crippen LogP contribution in [0.5, 0.6) is 11.5 Å². The normalized spacial score (nSPS) is 24.2. The van der Waals surface area contributed by atoms with Gasteiger partial charge in [-0.3, -0.25) is 9.59 Å². The Labute approximate surface area is 220 Å². The number of aliphatic carboxylic acids is 1. The van der Waals surface area contributed by atoms with Crippen molar-refractivity contribution in [2.24, 2.45) is 0 Å². The van der Waals surface area contributed by atoms with Crippen molar-refractivity contribution in [1.29, 1.82) is 0 Å². The number of cyclic esters (lactones) is 1. The van der Waals surface area contributed by atoms with Crippen LogP contribution in [0.1, 0.15) is 22.3 Å². The van der Waals surface area contributed by atoms with Crippen LogP contribution in [0.2, 0.25) is 0 Å². The Balaban J connectivity index is 1.55. The number of carbonyl (C=O) groups is 3. The van der Waals surface area contributed by atoms with E-state index >= 15 is 0 Å². The van der Waals surface area contributed by atoms with Crippen LogP contribution >= 0.6 is 0 Å². The summed E-state index contributed by atoms with van der Waals surface area (Å²) in [6, 6.07) is 13.7. The van der Waals surface area contributed by atoms with Crippen molar-refractivity contribution in [3.63, 3.8) is 0 Å². The van der Waals surface area contributed by atoms with Gasteiger partial charge >= 0.3 is 17.9 Å². The molecule has 1 saturated heterocycles. The summed E-state index contributed by atoms with van der Waals surface area (Å²) >= 11 is 0. The molecule has 3 aromatic carbocycles. The Hall–Kier alpha value is -4.23. The molecule has 2 heterocycles. The Morgan fingerprint density at radius 3 is 2.38 bits per heavy atom. The van der Waals surface area contributed by atoms with Gasteiger partial charge in [0.05, 0.1) is 5.56 Å². The zero-order valence-electron chi connectivity index (χ0n) is 20.2. The number of benzene rings is 3. The first-order chi connectivity index (χ1) is 18.7. The van der Waals surface area contributed by atoms with Crippen LogP contribution in [-0.2, 0) is 30.4 Å². The molecule has 5 unspecified atom stereocenters. The number of aromatic hydroxyl groups is 1. The van der Waals surface area contributed by atoms with Crippen LogP contribution < -0.4 is 4.74 Å². The molecule has 5 atom stereocenters. The van der Waals surface area contributed by atoms with E-state index in [0.29, 0.717) is 21.9 Å². The van der Waals surface area contributed by atoms with E-state index < -0.39 is 61.6 Å². The summed E-state index contributed by atoms with van der Waals surface area (Å²) < 4.78 is 21.6. The molecule has 0 amide bonds. The molecule has 0 saturated carbocycles. The maximum absolute atomic E-state index is 12.5. The summed E-state index contributed by atoms with van der Waals surface area (Å²) in [5.41, 5.74) is 2.07. The molecule has 5 rings (SSSR count). The zero-order valence-corrected chi connectivity index (χ0v) is 20.2. The molecule has 0 aliphatic carbocycles. The number of hydrogen-bond acceptors (Lipinski definition) is 11. The second-order valence-electron chi connectivity index (χ2n) is 9.12. The predicted octanol–water partition coefficient (Wildman–Crippen LogP) is 1.09. The first kappa shape index (κ1) is 26.4. The molecule has 0 bridgehead atoms. The fourth-order valence-electron chi connectivity index (χ4n) is 4.70. The number of ether oxygens (including phenoxy) is 4. The van der Waals surface area contributed by atoms with Crippen LogP contribution in [0.3, 0.4) is 0 Å². The smallest absolute Gasteiger partial charge is 0.339 e. The van der Waals surface area contributed by atoms with Gasteiger partial charge in [0.2, 0.25) is 6.29 Å². The van der Waals surface area contributed by atoms with Crippen LogP contribution in [0.15, 0.2) is 48.5 Å². The second kappa shape index (κ2) is 10.5. The highest BCUT2D eigenvalue weighted by Crippen LogP contribution is 2.46. The Bertz CT molecular complexity index is 1440. The number of hydrogen-bond donors (Lipinski definition) is 5. The third kappa shape index (κ3) is 4.98. The molecule has 2 aliphatic rings. The summed E-state index contributed by atoms with van der Waals surface area (Å²) in [5.74, 6) is -3.63. The van der Waals surface area contributed by atoms with Gasteiger partial charge in [0.1, 0.15) is 44.1 Å². The second-order valence-corrected chi connectivity index (χ2v) is 9.12. The molecule has 0 aromatic heterocycles. The van der Waals surface area contributed by atoms with E-state index in [4.69, 9.17) is 24.1 Å². The van der Waals surface area contributed by atoms with Crippen molar-refractivity contribution in [1.82, 2.24) is 0 Å². The highest BCUT2D eigenvalue weighted by Gasteiger charge is 2.46. The third-order valence-electron chi connectivity index (χ3n) is 6.57. The standard InChI is InChI=1S/C27H24O12/c28-16-8-13-10-37-26(35)15-7-6-14(12-4-2-1-3-5-12)21(20(13)15)25(16)39-27-24(34)23(33)22(32)17(38-27)11-36-19(31)9-18(29)30/h1-8,17,22-24,27-28,32-34H,9-11H2,(H,29,30). The van der Waals surface area contributed by atoms with Crippen LogP contribution in [0.4, 0.5) is 0 Å². The number of phenols is 1. The van der Waals surface area contributed by atoms with Gasteiger partial charge in [0.25, 0.3) is 0 Å². The van der Waals surface area contributed by atoms with Crippen LogP contribution in [0.25, 0.3) is 21.9 Å². The molecular weight excluding hydrogens is 516 g/mol. The van der Waals surface area contributed by atoms with E-state index in [9.17, 15) is 34.8 Å². The van der Waals surface area contributed by atoms with Crippen molar-refractivity contribution in [3.8, 4) is 22.6 Å². The largest absolute Gasteiger partial charge is 0.504 e. The van der Waals surface area contributed by atoms with Crippen molar-refractivity contribution < 1.29 is 58.9 Å². The first-order valence-corrected chi connectivity index (χ1v) is 11.9. The van der Waals surface area contributed by atoms with Gasteiger partial charge in [-0.05, 0) is 23.3 Å². The summed E-state index contributed by atoms with van der Waals surface area (Å²) in [5, 5.41) is 51.9. The van der Waals surface area contributed by atoms with Gasteiger partial charge in [-0.1, -0.05) is 36.4 Å². The number of aliphatic hydroxyl groups is 3. The fourth-order valence-corrected chi connectivity index (χ4v) is 4.70. The van der Waals surface area contributed by atoms with Crippen molar-refractivity contribution in [3.05, 3.63) is 59.7 Å². The molecule has 5 N–H and O–H groups in total. The molecule has 39 heavy (non-hydrogen) atoms. The molecule has 204 valence electrons. The molecular formula is C27H24O12. The van der Waals surface area contributed by atoms with E-state index in [2.05, 4.69) is 0 Å². The van der Waals surface area contributed by atoms with E-state index in [1.54, 1.807) is 24.3 Å². The Kier molecular flexibility index (Phi) is 7.10. The van der Waals surface area contributed by atoms with Crippen molar-refractivity contribution >= 4 is 28.7 Å². The number of carboxylic acid groups (broad SMARTS) is 1. The minimum Gasteiger partial charge on any atom is -0.504 e. The minimum absolute atomic E-state index is 0.0916. The highest BCUT2D eigenvalue weighted by molar-refractivity contribution is 6.14. The number of carboxylic acids is 1. The lowest BCUT2D eigenvalue weighted by atomic mass is 9.90. The summed E-state index contributed by atoms with van der Waals surface area (Å²) in [6.45, 7) is -0.737. The maximum Gasteiger partial charge on any atom is 0.339 e. The van der Waals surface area contributed by atoms with Crippen LogP contribution in [-0.4, -0.2) is 80.8 Å². The van der Waals surface area contributed by atoms with E-state index in [-0.39, 0.29) is 23.7 Å². The van der Waals surface area contributed by atoms with Gasteiger partial charge < -0.3 is 44.5 Å². The SMILES string of the molecule is O=C(O)CC(=O)OCC1OC(Oc2c(O)cc3c4c(ccc(-c5ccccc5)c24)C(=O)OC3)C(O)C(O)C1O. The lowest BCUT2D eigenvalue weighted by molar-refractivity contribution is -0.278. The van der Waals surface area contributed by atoms with Gasteiger partial charge in [-0.25, -0.2) is 4.79 Å². The van der Waals surface area contributed by atoms with Crippen molar-refractivity contribution in [2.45, 2.75) is 43.7 Å². The topological polar surface area (TPSA) is 189 Å². The van der Waals surface area contributed by atoms with E-state index in [0.717, 1.165) is 5.56 Å². The lowest BCUT2D eigenvalue weighted by Gasteiger charge is -2.40. The number of rotatable bonds is 7. The Morgan fingerprint density at radius 2 is 1.67 bits per heavy atom. The molecule has 2 aliphatic heterocycles. The van der Waals surface area contributed by atoms with Gasteiger partial charge in [-0.15, -0.1) is 0 Å². The third-order valence-corrected chi connectivity index (χ3v) is 6.57. The predicted molar refractivity (Wildman–Crippen MR) is 131 cm³/mol. The van der Waals surface area contributed by atoms with E-state index in [1.165, 1.54) is 6.07 Å².